The molecule has 190 valence electrons. The van der Waals surface area contributed by atoms with Gasteiger partial charge in [0.25, 0.3) is 5.91 Å². The Morgan fingerprint density at radius 3 is 2.28 bits per heavy atom. The first-order chi connectivity index (χ1) is 17.3. The predicted molar refractivity (Wildman–Crippen MR) is 146 cm³/mol. The lowest BCUT2D eigenvalue weighted by Gasteiger charge is -2.32. The van der Waals surface area contributed by atoms with Gasteiger partial charge in [0.1, 0.15) is 11.8 Å². The molecule has 0 heterocycles. The van der Waals surface area contributed by atoms with Crippen LogP contribution in [0, 0.1) is 6.92 Å². The van der Waals surface area contributed by atoms with Crippen molar-refractivity contribution in [1.29, 1.82) is 0 Å². The van der Waals surface area contributed by atoms with Crippen molar-refractivity contribution in [3.05, 3.63) is 99.5 Å². The molecule has 0 aliphatic carbocycles. The normalized spacial score (nSPS) is 12.5. The highest BCUT2D eigenvalue weighted by Gasteiger charge is 2.31. The molecule has 3 rings (SSSR count). The summed E-state index contributed by atoms with van der Waals surface area (Å²) in [6.45, 7) is 5.91. The Morgan fingerprint density at radius 2 is 1.64 bits per heavy atom. The van der Waals surface area contributed by atoms with Crippen molar-refractivity contribution in [3.63, 3.8) is 0 Å². The van der Waals surface area contributed by atoms with Gasteiger partial charge in [-0.05, 0) is 55.7 Å². The van der Waals surface area contributed by atoms with Crippen molar-refractivity contribution in [2.24, 2.45) is 0 Å². The van der Waals surface area contributed by atoms with Gasteiger partial charge in [-0.15, -0.1) is 0 Å². The quantitative estimate of drug-likeness (QED) is 0.322. The molecule has 0 radical (unpaired) electrons. The summed E-state index contributed by atoms with van der Waals surface area (Å²) in [6.07, 6.45) is 1.14. The Hall–Kier alpha value is -3.02. The van der Waals surface area contributed by atoms with E-state index in [2.05, 4.69) is 5.32 Å². The summed E-state index contributed by atoms with van der Waals surface area (Å²) in [6, 6.07) is 21.6. The molecular formula is C29H32Cl2N2O3. The molecule has 5 nitrogen and oxygen atoms in total. The van der Waals surface area contributed by atoms with E-state index in [9.17, 15) is 9.59 Å². The second-order valence-electron chi connectivity index (χ2n) is 8.90. The summed E-state index contributed by atoms with van der Waals surface area (Å²) >= 11 is 12.4. The zero-order valence-electron chi connectivity index (χ0n) is 20.8. The molecule has 2 atom stereocenters. The number of rotatable bonds is 11. The Labute approximate surface area is 223 Å². The van der Waals surface area contributed by atoms with E-state index < -0.39 is 6.04 Å². The lowest BCUT2D eigenvalue weighted by atomic mass is 10.0. The number of halogens is 2. The van der Waals surface area contributed by atoms with Crippen molar-refractivity contribution in [2.45, 2.75) is 52.2 Å². The maximum atomic E-state index is 13.6. The molecule has 1 N–H and O–H groups in total. The minimum Gasteiger partial charge on any atom is -0.484 e. The van der Waals surface area contributed by atoms with E-state index in [1.165, 1.54) is 0 Å². The topological polar surface area (TPSA) is 58.6 Å². The lowest BCUT2D eigenvalue weighted by molar-refractivity contribution is -0.143. The number of nitrogens with one attached hydrogen (secondary N) is 1. The third-order valence-electron chi connectivity index (χ3n) is 5.99. The SMILES string of the molecule is CC[C@H](C)NC(=O)[C@H](Cc1ccccc1)N(Cc1ccc(Cl)c(Cl)c1)C(=O)COc1ccc(C)cc1. The van der Waals surface area contributed by atoms with E-state index >= 15 is 0 Å². The standard InChI is InChI=1S/C29H32Cl2N2O3/c1-4-21(3)32-29(35)27(17-22-8-6-5-7-9-22)33(18-23-12-15-25(30)26(31)16-23)28(34)19-36-24-13-10-20(2)11-14-24/h5-16,21,27H,4,17-19H2,1-3H3,(H,32,35)/t21-,27-/m0/s1. The van der Waals surface area contributed by atoms with Gasteiger partial charge >= 0.3 is 0 Å². The Balaban J connectivity index is 1.92. The van der Waals surface area contributed by atoms with Crippen molar-refractivity contribution in [2.75, 3.05) is 6.61 Å². The van der Waals surface area contributed by atoms with E-state index in [1.54, 1.807) is 17.0 Å². The molecule has 0 aromatic heterocycles. The molecular weight excluding hydrogens is 495 g/mol. The average molecular weight is 527 g/mol. The van der Waals surface area contributed by atoms with Crippen LogP contribution in [0.2, 0.25) is 10.0 Å². The fourth-order valence-corrected chi connectivity index (χ4v) is 4.01. The number of ether oxygens (including phenoxy) is 1. The van der Waals surface area contributed by atoms with Crippen LogP contribution < -0.4 is 10.1 Å². The molecule has 0 aliphatic rings. The first-order valence-corrected chi connectivity index (χ1v) is 12.8. The van der Waals surface area contributed by atoms with E-state index in [0.717, 1.165) is 23.1 Å². The summed E-state index contributed by atoms with van der Waals surface area (Å²) in [4.78, 5) is 28.7. The molecule has 0 saturated heterocycles. The second-order valence-corrected chi connectivity index (χ2v) is 9.71. The van der Waals surface area contributed by atoms with Crippen LogP contribution >= 0.6 is 23.2 Å². The monoisotopic (exact) mass is 526 g/mol. The number of carbonyl (C=O) groups excluding carboxylic acids is 2. The van der Waals surface area contributed by atoms with Crippen molar-refractivity contribution in [3.8, 4) is 5.75 Å². The van der Waals surface area contributed by atoms with Gasteiger partial charge in [0.15, 0.2) is 6.61 Å². The molecule has 2 amide bonds. The first-order valence-electron chi connectivity index (χ1n) is 12.0. The van der Waals surface area contributed by atoms with Gasteiger partial charge in [-0.3, -0.25) is 9.59 Å². The van der Waals surface area contributed by atoms with Crippen LogP contribution in [0.25, 0.3) is 0 Å². The van der Waals surface area contributed by atoms with Crippen molar-refractivity contribution in [1.82, 2.24) is 10.2 Å². The molecule has 0 fully saturated rings. The fraction of sp³-hybridized carbons (Fsp3) is 0.310. The zero-order chi connectivity index (χ0) is 26.1. The van der Waals surface area contributed by atoms with Gasteiger partial charge in [0.05, 0.1) is 10.0 Å². The summed E-state index contributed by atoms with van der Waals surface area (Å²) < 4.78 is 5.80. The maximum absolute atomic E-state index is 13.6. The molecule has 0 unspecified atom stereocenters. The number of benzene rings is 3. The van der Waals surface area contributed by atoms with Crippen LogP contribution in [0.4, 0.5) is 0 Å². The fourth-order valence-electron chi connectivity index (χ4n) is 3.69. The lowest BCUT2D eigenvalue weighted by Crippen LogP contribution is -2.53. The summed E-state index contributed by atoms with van der Waals surface area (Å²) in [7, 11) is 0. The van der Waals surface area contributed by atoms with Crippen molar-refractivity contribution >= 4 is 35.0 Å². The van der Waals surface area contributed by atoms with Gasteiger partial charge in [-0.25, -0.2) is 0 Å². The number of carbonyl (C=O) groups is 2. The molecule has 3 aromatic carbocycles. The predicted octanol–water partition coefficient (Wildman–Crippen LogP) is 6.24. The third-order valence-corrected chi connectivity index (χ3v) is 6.73. The number of hydrogen-bond donors (Lipinski definition) is 1. The van der Waals surface area contributed by atoms with Crippen molar-refractivity contribution < 1.29 is 14.3 Å². The van der Waals surface area contributed by atoms with Crippen LogP contribution in [-0.2, 0) is 22.6 Å². The largest absolute Gasteiger partial charge is 0.484 e. The van der Waals surface area contributed by atoms with Gasteiger partial charge in [-0.2, -0.15) is 0 Å². The van der Waals surface area contributed by atoms with Crippen LogP contribution in [0.3, 0.4) is 0 Å². The maximum Gasteiger partial charge on any atom is 0.261 e. The van der Waals surface area contributed by atoms with E-state index in [4.69, 9.17) is 27.9 Å². The summed E-state index contributed by atoms with van der Waals surface area (Å²) in [5.74, 6) is 0.0749. The van der Waals surface area contributed by atoms with Crippen LogP contribution in [0.5, 0.6) is 5.75 Å². The van der Waals surface area contributed by atoms with Crippen LogP contribution in [-0.4, -0.2) is 35.4 Å². The molecule has 0 bridgehead atoms. The molecule has 0 saturated carbocycles. The van der Waals surface area contributed by atoms with Gasteiger partial charge in [0.2, 0.25) is 5.91 Å². The molecule has 3 aromatic rings. The highest BCUT2D eigenvalue weighted by molar-refractivity contribution is 6.42. The van der Waals surface area contributed by atoms with Crippen LogP contribution in [0.15, 0.2) is 72.8 Å². The van der Waals surface area contributed by atoms with Gasteiger partial charge in [0, 0.05) is 19.0 Å². The van der Waals surface area contributed by atoms with Gasteiger partial charge < -0.3 is 15.0 Å². The second kappa shape index (κ2) is 13.3. The van der Waals surface area contributed by atoms with Crippen LogP contribution in [0.1, 0.15) is 37.0 Å². The molecule has 0 aliphatic heterocycles. The number of hydrogen-bond acceptors (Lipinski definition) is 3. The minimum absolute atomic E-state index is 0.0264. The number of amides is 2. The highest BCUT2D eigenvalue weighted by atomic mass is 35.5. The highest BCUT2D eigenvalue weighted by Crippen LogP contribution is 2.24. The number of aryl methyl sites for hydroxylation is 1. The number of nitrogens with zero attached hydrogens (tertiary/aromatic N) is 1. The third kappa shape index (κ3) is 8.00. The summed E-state index contributed by atoms with van der Waals surface area (Å²) in [5, 5.41) is 3.87. The summed E-state index contributed by atoms with van der Waals surface area (Å²) in [5.41, 5.74) is 2.82. The Bertz CT molecular complexity index is 1150. The smallest absolute Gasteiger partial charge is 0.261 e. The van der Waals surface area contributed by atoms with Gasteiger partial charge in [-0.1, -0.05) is 84.2 Å². The molecule has 7 heteroatoms. The molecule has 0 spiro atoms. The molecule has 36 heavy (non-hydrogen) atoms. The minimum atomic E-state index is -0.745. The van der Waals surface area contributed by atoms with E-state index in [-0.39, 0.29) is 31.0 Å². The first kappa shape index (κ1) is 27.6. The Morgan fingerprint density at radius 1 is 0.944 bits per heavy atom. The average Bonchev–Trinajstić information content (AvgIpc) is 2.88. The zero-order valence-corrected chi connectivity index (χ0v) is 22.4. The van der Waals surface area contributed by atoms with E-state index in [0.29, 0.717) is 22.2 Å². The van der Waals surface area contributed by atoms with E-state index in [1.807, 2.05) is 81.4 Å². The Kier molecular flexibility index (Phi) is 10.2.